The fraction of sp³-hybridized carbons (Fsp3) is 0.250. The minimum atomic E-state index is -4.13. The van der Waals surface area contributed by atoms with E-state index in [0.717, 1.165) is 10.4 Å². The second kappa shape index (κ2) is 9.25. The van der Waals surface area contributed by atoms with Gasteiger partial charge in [0, 0.05) is 12.7 Å². The van der Waals surface area contributed by atoms with Crippen LogP contribution in [0, 0.1) is 11.6 Å². The van der Waals surface area contributed by atoms with Crippen molar-refractivity contribution in [3.63, 3.8) is 0 Å². The number of anilines is 1. The molecular formula is C20H19ClF2N6O4S. The standard InChI is InChI=1S/C20H19ClF2N6O4S/c1-28-17(19(30)24-13-6-7-15(23)14(21)8-13)9-16(27-34(28,32)33)18-25-26-20(31)29(18)10-11-2-4-12(22)5-3-11/h2-8,16-17,27H,9-10H2,1H3,(H,24,30)(H,26,31). The van der Waals surface area contributed by atoms with Crippen LogP contribution in [0.15, 0.2) is 47.3 Å². The zero-order valence-corrected chi connectivity index (χ0v) is 19.2. The highest BCUT2D eigenvalue weighted by molar-refractivity contribution is 7.87. The van der Waals surface area contributed by atoms with Gasteiger partial charge in [0.25, 0.3) is 10.2 Å². The van der Waals surface area contributed by atoms with Crippen molar-refractivity contribution in [1.82, 2.24) is 23.8 Å². The number of aromatic nitrogens is 3. The Morgan fingerprint density at radius 2 is 1.94 bits per heavy atom. The summed E-state index contributed by atoms with van der Waals surface area (Å²) in [6.07, 6.45) is -0.0653. The summed E-state index contributed by atoms with van der Waals surface area (Å²) < 4.78 is 56.6. The number of halogens is 3. The Labute approximate surface area is 197 Å². The summed E-state index contributed by atoms with van der Waals surface area (Å²) in [5, 5.41) is 8.57. The molecule has 2 unspecified atom stereocenters. The molecule has 2 heterocycles. The van der Waals surface area contributed by atoms with Gasteiger partial charge in [0.05, 0.1) is 17.6 Å². The van der Waals surface area contributed by atoms with Gasteiger partial charge in [-0.05, 0) is 42.3 Å². The van der Waals surface area contributed by atoms with Crippen LogP contribution in [-0.4, -0.2) is 46.5 Å². The first-order valence-corrected chi connectivity index (χ1v) is 11.8. The van der Waals surface area contributed by atoms with Crippen LogP contribution in [0.2, 0.25) is 5.02 Å². The van der Waals surface area contributed by atoms with E-state index in [9.17, 15) is 26.8 Å². The first-order chi connectivity index (χ1) is 16.0. The van der Waals surface area contributed by atoms with Crippen molar-refractivity contribution in [2.75, 3.05) is 12.4 Å². The molecule has 10 nitrogen and oxygen atoms in total. The summed E-state index contributed by atoms with van der Waals surface area (Å²) in [5.41, 5.74) is 0.175. The van der Waals surface area contributed by atoms with Gasteiger partial charge in [-0.1, -0.05) is 23.7 Å². The number of likely N-dealkylation sites (N-methyl/N-ethyl adjacent to an activating group) is 1. The van der Waals surface area contributed by atoms with Gasteiger partial charge >= 0.3 is 5.69 Å². The summed E-state index contributed by atoms with van der Waals surface area (Å²) in [5.74, 6) is -1.72. The fourth-order valence-corrected chi connectivity index (χ4v) is 5.03. The van der Waals surface area contributed by atoms with E-state index < -0.39 is 45.5 Å². The third-order valence-corrected chi connectivity index (χ3v) is 7.30. The molecule has 1 saturated heterocycles. The molecule has 1 aliphatic heterocycles. The van der Waals surface area contributed by atoms with Crippen molar-refractivity contribution >= 4 is 33.4 Å². The Bertz CT molecular complexity index is 1390. The molecule has 0 spiro atoms. The highest BCUT2D eigenvalue weighted by atomic mass is 35.5. The number of amides is 1. The normalized spacial score (nSPS) is 20.2. The molecule has 1 aromatic heterocycles. The van der Waals surface area contributed by atoms with E-state index in [0.29, 0.717) is 5.56 Å². The van der Waals surface area contributed by atoms with Crippen LogP contribution in [0.3, 0.4) is 0 Å². The van der Waals surface area contributed by atoms with E-state index >= 15 is 0 Å². The number of benzene rings is 2. The summed E-state index contributed by atoms with van der Waals surface area (Å²) in [6, 6.07) is 6.82. The zero-order chi connectivity index (χ0) is 24.6. The van der Waals surface area contributed by atoms with Gasteiger partial charge in [0.2, 0.25) is 5.91 Å². The number of aromatic amines is 1. The molecule has 0 saturated carbocycles. The smallest absolute Gasteiger partial charge is 0.325 e. The number of nitrogens with zero attached hydrogens (tertiary/aromatic N) is 3. The molecule has 1 aliphatic rings. The summed E-state index contributed by atoms with van der Waals surface area (Å²) in [4.78, 5) is 25.3. The maximum absolute atomic E-state index is 13.4. The minimum absolute atomic E-state index is 0.00392. The van der Waals surface area contributed by atoms with Gasteiger partial charge in [-0.3, -0.25) is 9.36 Å². The first kappa shape index (κ1) is 24.0. The van der Waals surface area contributed by atoms with Crippen molar-refractivity contribution in [2.24, 2.45) is 0 Å². The second-order valence-corrected chi connectivity index (χ2v) is 9.83. The average Bonchev–Trinajstić information content (AvgIpc) is 3.14. The molecule has 14 heteroatoms. The fourth-order valence-electron chi connectivity index (χ4n) is 3.60. The molecule has 2 aromatic carbocycles. The lowest BCUT2D eigenvalue weighted by Crippen LogP contribution is -2.56. The van der Waals surface area contributed by atoms with E-state index in [2.05, 4.69) is 20.2 Å². The number of H-pyrrole nitrogens is 1. The summed E-state index contributed by atoms with van der Waals surface area (Å²) >= 11 is 5.75. The van der Waals surface area contributed by atoms with Crippen LogP contribution in [-0.2, 0) is 21.5 Å². The van der Waals surface area contributed by atoms with E-state index in [1.807, 2.05) is 0 Å². The zero-order valence-electron chi connectivity index (χ0n) is 17.6. The predicted octanol–water partition coefficient (Wildman–Crippen LogP) is 1.77. The van der Waals surface area contributed by atoms with Crippen molar-refractivity contribution in [2.45, 2.75) is 25.0 Å². The van der Waals surface area contributed by atoms with Gasteiger partial charge < -0.3 is 5.32 Å². The number of nitrogens with one attached hydrogen (secondary N) is 3. The monoisotopic (exact) mass is 512 g/mol. The Morgan fingerprint density at radius 1 is 1.24 bits per heavy atom. The van der Waals surface area contributed by atoms with Gasteiger partial charge in [-0.25, -0.2) is 18.7 Å². The van der Waals surface area contributed by atoms with Gasteiger partial charge in [0.15, 0.2) is 5.82 Å². The molecule has 2 atom stereocenters. The molecular weight excluding hydrogens is 494 g/mol. The molecule has 0 bridgehead atoms. The van der Waals surface area contributed by atoms with Crippen molar-refractivity contribution in [3.8, 4) is 0 Å². The van der Waals surface area contributed by atoms with E-state index in [4.69, 9.17) is 11.6 Å². The van der Waals surface area contributed by atoms with Crippen LogP contribution in [0.1, 0.15) is 23.9 Å². The van der Waals surface area contributed by atoms with Crippen molar-refractivity contribution in [1.29, 1.82) is 0 Å². The SMILES string of the molecule is CN1C(C(=O)Nc2ccc(F)c(Cl)c2)CC(c2n[nH]c(=O)n2Cc2ccc(F)cc2)NS1(=O)=O. The van der Waals surface area contributed by atoms with Crippen molar-refractivity contribution < 1.29 is 22.0 Å². The number of carbonyl (C=O) groups is 1. The van der Waals surface area contributed by atoms with Gasteiger partial charge in [-0.2, -0.15) is 22.5 Å². The lowest BCUT2D eigenvalue weighted by molar-refractivity contribution is -0.120. The number of rotatable bonds is 5. The molecule has 180 valence electrons. The molecule has 1 fully saturated rings. The van der Waals surface area contributed by atoms with Crippen LogP contribution in [0.25, 0.3) is 0 Å². The molecule has 1 amide bonds. The largest absolute Gasteiger partial charge is 0.343 e. The Kier molecular flexibility index (Phi) is 6.53. The van der Waals surface area contributed by atoms with Crippen molar-refractivity contribution in [3.05, 3.63) is 81.0 Å². The predicted molar refractivity (Wildman–Crippen MR) is 119 cm³/mol. The quantitative estimate of drug-likeness (QED) is 0.480. The maximum atomic E-state index is 13.4. The summed E-state index contributed by atoms with van der Waals surface area (Å²) in [6.45, 7) is 0.00392. The minimum Gasteiger partial charge on any atom is -0.325 e. The molecule has 0 radical (unpaired) electrons. The molecule has 3 N–H and O–H groups in total. The maximum Gasteiger partial charge on any atom is 0.343 e. The topological polar surface area (TPSA) is 129 Å². The highest BCUT2D eigenvalue weighted by Crippen LogP contribution is 2.28. The number of hydrogen-bond donors (Lipinski definition) is 3. The third-order valence-electron chi connectivity index (χ3n) is 5.41. The lowest BCUT2D eigenvalue weighted by atomic mass is 10.1. The first-order valence-electron chi connectivity index (χ1n) is 9.96. The van der Waals surface area contributed by atoms with Gasteiger partial charge in [-0.15, -0.1) is 0 Å². The van der Waals surface area contributed by atoms with E-state index in [1.165, 1.54) is 48.0 Å². The number of hydrogen-bond acceptors (Lipinski definition) is 5. The van der Waals surface area contributed by atoms with Crippen LogP contribution in [0.4, 0.5) is 14.5 Å². The molecule has 4 rings (SSSR count). The highest BCUT2D eigenvalue weighted by Gasteiger charge is 2.42. The lowest BCUT2D eigenvalue weighted by Gasteiger charge is -2.35. The molecule has 34 heavy (non-hydrogen) atoms. The van der Waals surface area contributed by atoms with Gasteiger partial charge in [0.1, 0.15) is 17.7 Å². The van der Waals surface area contributed by atoms with Crippen LogP contribution in [0.5, 0.6) is 0 Å². The summed E-state index contributed by atoms with van der Waals surface area (Å²) in [7, 11) is -2.90. The molecule has 0 aliphatic carbocycles. The second-order valence-electron chi connectivity index (χ2n) is 7.66. The Morgan fingerprint density at radius 3 is 2.62 bits per heavy atom. The number of carbonyl (C=O) groups excluding carboxylic acids is 1. The van der Waals surface area contributed by atoms with Crippen LogP contribution < -0.4 is 15.7 Å². The Balaban J connectivity index is 1.61. The van der Waals surface area contributed by atoms with E-state index in [-0.39, 0.29) is 29.5 Å². The average molecular weight is 513 g/mol. The Hall–Kier alpha value is -3.13. The van der Waals surface area contributed by atoms with Crippen LogP contribution >= 0.6 is 11.6 Å². The van der Waals surface area contributed by atoms with E-state index in [1.54, 1.807) is 0 Å². The molecule has 3 aromatic rings. The third kappa shape index (κ3) is 4.87.